The van der Waals surface area contributed by atoms with Gasteiger partial charge >= 0.3 is 12.5 Å². The zero-order chi connectivity index (χ0) is 31.4. The summed E-state index contributed by atoms with van der Waals surface area (Å²) < 4.78 is 85.4. The Bertz CT molecular complexity index is 1770. The summed E-state index contributed by atoms with van der Waals surface area (Å²) >= 11 is 0. The summed E-state index contributed by atoms with van der Waals surface area (Å²) in [4.78, 5) is 26.0. The minimum absolute atomic E-state index is 0.00600. The van der Waals surface area contributed by atoms with Gasteiger partial charge in [0.2, 0.25) is 5.91 Å². The van der Waals surface area contributed by atoms with Gasteiger partial charge in [-0.2, -0.15) is 18.3 Å². The topological polar surface area (TPSA) is 109 Å². The average molecular weight is 615 g/mol. The van der Waals surface area contributed by atoms with E-state index in [2.05, 4.69) is 14.6 Å². The van der Waals surface area contributed by atoms with Gasteiger partial charge in [-0.15, -0.1) is 8.78 Å². The van der Waals surface area contributed by atoms with Crippen molar-refractivity contribution in [1.29, 1.82) is 0 Å². The number of carbonyl (C=O) groups is 2. The van der Waals surface area contributed by atoms with E-state index >= 15 is 0 Å². The van der Waals surface area contributed by atoms with E-state index in [1.807, 2.05) is 0 Å². The molecular formula is C30H23F5N4O5. The minimum Gasteiger partial charge on any atom is -0.484 e. The van der Waals surface area contributed by atoms with Gasteiger partial charge in [-0.25, -0.2) is 4.68 Å². The molecule has 14 heteroatoms. The van der Waals surface area contributed by atoms with Crippen molar-refractivity contribution >= 4 is 17.5 Å². The number of benzene rings is 3. The second-order valence-electron chi connectivity index (χ2n) is 10.2. The highest BCUT2D eigenvalue weighted by Gasteiger charge is 2.44. The number of hydrogen-bond acceptors (Lipinski definition) is 6. The van der Waals surface area contributed by atoms with Crippen LogP contribution in [0.4, 0.5) is 27.6 Å². The van der Waals surface area contributed by atoms with E-state index in [1.54, 1.807) is 0 Å². The van der Waals surface area contributed by atoms with E-state index in [-0.39, 0.29) is 51.7 Å². The molecule has 228 valence electrons. The van der Waals surface area contributed by atoms with E-state index < -0.39 is 36.1 Å². The second-order valence-corrected chi connectivity index (χ2v) is 10.2. The first kappa shape index (κ1) is 29.0. The largest absolute Gasteiger partial charge is 0.586 e. The number of hydrogen-bond donors (Lipinski definition) is 1. The summed E-state index contributed by atoms with van der Waals surface area (Å²) in [5.41, 5.74) is 5.17. The van der Waals surface area contributed by atoms with Crippen LogP contribution < -0.4 is 24.8 Å². The Kier molecular flexibility index (Phi) is 6.94. The molecule has 0 radical (unpaired) electrons. The van der Waals surface area contributed by atoms with Gasteiger partial charge in [-0.05, 0) is 73.9 Å². The van der Waals surface area contributed by atoms with Crippen LogP contribution in [-0.2, 0) is 12.6 Å². The van der Waals surface area contributed by atoms with Crippen LogP contribution in [0.3, 0.4) is 0 Å². The standard InChI is InChI=1S/C30H23F5N4O5/c1-38(18-10-13-22-24(15-18)44-30(34,35)43-22)28(41)17-4-2-5-19(14-17)39-25-21(26(37-39)29(31,32)33)6-3-7-23(25)42-20-11-8-16(9-12-20)27(36)40/h2,4-5,8-15,23H,3,6-7H2,1H3,(H2,36,40)/t23-/m0/s1. The van der Waals surface area contributed by atoms with Crippen molar-refractivity contribution in [3.05, 3.63) is 94.8 Å². The van der Waals surface area contributed by atoms with Crippen LogP contribution >= 0.6 is 0 Å². The van der Waals surface area contributed by atoms with Gasteiger partial charge in [0.05, 0.1) is 11.4 Å². The average Bonchev–Trinajstić information content (AvgIpc) is 3.53. The Hall–Kier alpha value is -5.14. The van der Waals surface area contributed by atoms with Gasteiger partial charge < -0.3 is 24.8 Å². The maximum absolute atomic E-state index is 14.1. The van der Waals surface area contributed by atoms with E-state index in [4.69, 9.17) is 10.5 Å². The number of fused-ring (bicyclic) bond motifs is 2. The molecule has 2 heterocycles. The van der Waals surface area contributed by atoms with Gasteiger partial charge in [-0.3, -0.25) is 9.59 Å². The molecule has 0 bridgehead atoms. The number of alkyl halides is 5. The Balaban J connectivity index is 1.34. The highest BCUT2D eigenvalue weighted by molar-refractivity contribution is 6.06. The fraction of sp³-hybridized carbons (Fsp3) is 0.233. The Morgan fingerprint density at radius 2 is 1.75 bits per heavy atom. The Morgan fingerprint density at radius 3 is 2.45 bits per heavy atom. The summed E-state index contributed by atoms with van der Waals surface area (Å²) in [7, 11) is 1.41. The number of rotatable bonds is 6. The van der Waals surface area contributed by atoms with Crippen LogP contribution in [0, 0.1) is 0 Å². The van der Waals surface area contributed by atoms with Crippen molar-refractivity contribution in [1.82, 2.24) is 9.78 Å². The fourth-order valence-electron chi connectivity index (χ4n) is 5.27. The Morgan fingerprint density at radius 1 is 1.02 bits per heavy atom. The second kappa shape index (κ2) is 10.5. The first-order valence-corrected chi connectivity index (χ1v) is 13.3. The molecule has 2 aliphatic rings. The summed E-state index contributed by atoms with van der Waals surface area (Å²) in [6, 6.07) is 15.6. The van der Waals surface area contributed by atoms with E-state index in [9.17, 15) is 31.5 Å². The number of nitrogens with two attached hydrogens (primary N) is 1. The van der Waals surface area contributed by atoms with Crippen LogP contribution in [0.2, 0.25) is 0 Å². The SMILES string of the molecule is CN(C(=O)c1cccc(-n2nc(C(F)(F)F)c3c2[C@@H](Oc2ccc(C(N)=O)cc2)CCC3)c1)c1ccc2c(c1)OC(F)(F)O2. The molecule has 9 nitrogen and oxygen atoms in total. The molecule has 1 aliphatic carbocycles. The third kappa shape index (κ3) is 5.38. The first-order chi connectivity index (χ1) is 20.8. The van der Waals surface area contributed by atoms with Crippen LogP contribution in [0.15, 0.2) is 66.7 Å². The number of amides is 2. The van der Waals surface area contributed by atoms with Crippen molar-refractivity contribution in [2.24, 2.45) is 5.73 Å². The highest BCUT2D eigenvalue weighted by Crippen LogP contribution is 2.44. The number of anilines is 1. The lowest BCUT2D eigenvalue weighted by Crippen LogP contribution is -2.26. The fourth-order valence-corrected chi connectivity index (χ4v) is 5.27. The van der Waals surface area contributed by atoms with Crippen molar-refractivity contribution in [2.45, 2.75) is 37.8 Å². The molecule has 0 saturated heterocycles. The number of nitrogens with zero attached hydrogens (tertiary/aromatic N) is 3. The smallest absolute Gasteiger partial charge is 0.484 e. The summed E-state index contributed by atoms with van der Waals surface area (Å²) in [5.74, 6) is -1.33. The van der Waals surface area contributed by atoms with Gasteiger partial charge in [0, 0.05) is 35.5 Å². The maximum Gasteiger partial charge on any atom is 0.586 e. The molecule has 6 rings (SSSR count). The van der Waals surface area contributed by atoms with Crippen LogP contribution in [0.1, 0.15) is 56.6 Å². The number of primary amides is 1. The molecule has 2 amide bonds. The van der Waals surface area contributed by atoms with Gasteiger partial charge in [0.25, 0.3) is 5.91 Å². The normalized spacial score (nSPS) is 16.7. The molecule has 3 aromatic carbocycles. The first-order valence-electron chi connectivity index (χ1n) is 13.3. The maximum atomic E-state index is 14.1. The number of ether oxygens (including phenoxy) is 3. The zero-order valence-corrected chi connectivity index (χ0v) is 22.9. The van der Waals surface area contributed by atoms with E-state index in [0.717, 1.165) is 4.68 Å². The monoisotopic (exact) mass is 614 g/mol. The van der Waals surface area contributed by atoms with Crippen molar-refractivity contribution in [2.75, 3.05) is 11.9 Å². The number of halogens is 5. The number of aromatic nitrogens is 2. The molecule has 1 aromatic heterocycles. The lowest BCUT2D eigenvalue weighted by atomic mass is 9.92. The number of carbonyl (C=O) groups excluding carboxylic acids is 2. The lowest BCUT2D eigenvalue weighted by Gasteiger charge is -2.26. The molecule has 4 aromatic rings. The summed E-state index contributed by atoms with van der Waals surface area (Å²) in [6.45, 7) is 0. The van der Waals surface area contributed by atoms with Crippen LogP contribution in [0.25, 0.3) is 5.69 Å². The zero-order valence-electron chi connectivity index (χ0n) is 22.9. The van der Waals surface area contributed by atoms with E-state index in [0.29, 0.717) is 18.6 Å². The molecule has 2 N–H and O–H groups in total. The van der Waals surface area contributed by atoms with Crippen LogP contribution in [0.5, 0.6) is 17.2 Å². The van der Waals surface area contributed by atoms with Gasteiger partial charge in [0.1, 0.15) is 11.9 Å². The third-order valence-electron chi connectivity index (χ3n) is 7.32. The van der Waals surface area contributed by atoms with Crippen molar-refractivity contribution in [3.8, 4) is 22.9 Å². The third-order valence-corrected chi connectivity index (χ3v) is 7.32. The predicted molar refractivity (Wildman–Crippen MR) is 145 cm³/mol. The van der Waals surface area contributed by atoms with Gasteiger partial charge in [-0.1, -0.05) is 6.07 Å². The van der Waals surface area contributed by atoms with Crippen molar-refractivity contribution in [3.63, 3.8) is 0 Å². The molecule has 0 unspecified atom stereocenters. The highest BCUT2D eigenvalue weighted by atomic mass is 19.4. The molecule has 0 spiro atoms. The molecule has 1 aliphatic heterocycles. The predicted octanol–water partition coefficient (Wildman–Crippen LogP) is 6.04. The molecule has 1 atom stereocenters. The Labute approximate surface area is 246 Å². The minimum atomic E-state index is -4.75. The van der Waals surface area contributed by atoms with Crippen LogP contribution in [-0.4, -0.2) is 34.9 Å². The summed E-state index contributed by atoms with van der Waals surface area (Å²) in [5, 5.41) is 3.94. The van der Waals surface area contributed by atoms with E-state index in [1.165, 1.54) is 78.7 Å². The molecule has 44 heavy (non-hydrogen) atoms. The molecule has 0 saturated carbocycles. The molecule has 0 fully saturated rings. The summed E-state index contributed by atoms with van der Waals surface area (Å²) in [6.07, 6.45) is -8.48. The van der Waals surface area contributed by atoms with Crippen molar-refractivity contribution < 1.29 is 45.8 Å². The van der Waals surface area contributed by atoms with Gasteiger partial charge in [0.15, 0.2) is 17.2 Å². The molecular weight excluding hydrogens is 591 g/mol. The lowest BCUT2D eigenvalue weighted by molar-refractivity contribution is -0.286. The quantitative estimate of drug-likeness (QED) is 0.265.